The Kier molecular flexibility index (Phi) is 4.08. The molecule has 0 unspecified atom stereocenters. The maximum absolute atomic E-state index is 12.5. The van der Waals surface area contributed by atoms with Crippen LogP contribution in [0, 0.1) is 0 Å². The summed E-state index contributed by atoms with van der Waals surface area (Å²) in [5, 5.41) is 2.26. The molecule has 5 N–H and O–H groups in total. The van der Waals surface area contributed by atoms with Gasteiger partial charge in [0.15, 0.2) is 0 Å². The van der Waals surface area contributed by atoms with Crippen LogP contribution in [0.5, 0.6) is 0 Å². The average Bonchev–Trinajstić information content (AvgIpc) is 2.27. The summed E-state index contributed by atoms with van der Waals surface area (Å²) in [4.78, 5) is 11.0. The van der Waals surface area contributed by atoms with Gasteiger partial charge < -0.3 is 16.8 Å². The molecule has 0 saturated heterocycles. The minimum absolute atomic E-state index is 0.0377. The Morgan fingerprint density at radius 3 is 2.35 bits per heavy atom. The lowest BCUT2D eigenvalue weighted by Gasteiger charge is -2.12. The van der Waals surface area contributed by atoms with E-state index in [2.05, 4.69) is 5.32 Å². The molecule has 0 radical (unpaired) electrons. The van der Waals surface area contributed by atoms with Gasteiger partial charge in [-0.05, 0) is 23.8 Å². The van der Waals surface area contributed by atoms with Crippen LogP contribution >= 0.6 is 0 Å². The van der Waals surface area contributed by atoms with E-state index in [9.17, 15) is 18.0 Å². The highest BCUT2D eigenvalue weighted by atomic mass is 19.4. The molecule has 7 heteroatoms. The fourth-order valence-electron chi connectivity index (χ4n) is 1.26. The minimum Gasteiger partial charge on any atom is -0.326 e. The first-order chi connectivity index (χ1) is 7.86. The van der Waals surface area contributed by atoms with E-state index in [4.69, 9.17) is 11.5 Å². The number of halogens is 3. The molecule has 94 valence electrons. The van der Waals surface area contributed by atoms with Crippen molar-refractivity contribution < 1.29 is 18.0 Å². The Hall–Kier alpha value is -1.60. The van der Waals surface area contributed by atoms with Crippen molar-refractivity contribution in [1.82, 2.24) is 0 Å². The summed E-state index contributed by atoms with van der Waals surface area (Å²) in [6.07, 6.45) is -4.48. The molecule has 1 rings (SSSR count). The van der Waals surface area contributed by atoms with Gasteiger partial charge in [-0.3, -0.25) is 4.79 Å². The van der Waals surface area contributed by atoms with Crippen molar-refractivity contribution >= 4 is 11.6 Å². The van der Waals surface area contributed by atoms with Gasteiger partial charge in [0.25, 0.3) is 0 Å². The zero-order valence-corrected chi connectivity index (χ0v) is 8.84. The Labute approximate surface area is 95.8 Å². The largest absolute Gasteiger partial charge is 0.416 e. The van der Waals surface area contributed by atoms with E-state index in [1.807, 2.05) is 0 Å². The average molecular weight is 247 g/mol. The van der Waals surface area contributed by atoms with Crippen molar-refractivity contribution in [3.8, 4) is 0 Å². The first kappa shape index (κ1) is 13.5. The lowest BCUT2D eigenvalue weighted by molar-refractivity contribution is -0.137. The molecule has 0 aliphatic carbocycles. The van der Waals surface area contributed by atoms with E-state index in [-0.39, 0.29) is 24.3 Å². The van der Waals surface area contributed by atoms with Gasteiger partial charge in [0, 0.05) is 12.2 Å². The third-order valence-corrected chi connectivity index (χ3v) is 2.02. The monoisotopic (exact) mass is 247 g/mol. The predicted molar refractivity (Wildman–Crippen MR) is 57.0 cm³/mol. The smallest absolute Gasteiger partial charge is 0.326 e. The standard InChI is InChI=1S/C10H12F3N3O/c11-10(12,13)7-1-6(4-14)2-8(3-7)16-9(17)5-15/h1-3H,4-5,14-15H2,(H,16,17). The molecule has 0 spiro atoms. The van der Waals surface area contributed by atoms with Crippen molar-refractivity contribution in [3.63, 3.8) is 0 Å². The number of rotatable bonds is 3. The van der Waals surface area contributed by atoms with Crippen LogP contribution < -0.4 is 16.8 Å². The van der Waals surface area contributed by atoms with Crippen LogP contribution in [-0.4, -0.2) is 12.5 Å². The van der Waals surface area contributed by atoms with Gasteiger partial charge in [0.05, 0.1) is 12.1 Å². The van der Waals surface area contributed by atoms with E-state index < -0.39 is 17.6 Å². The van der Waals surface area contributed by atoms with Gasteiger partial charge in [0.1, 0.15) is 0 Å². The van der Waals surface area contributed by atoms with Gasteiger partial charge in [-0.1, -0.05) is 0 Å². The second-order valence-electron chi connectivity index (χ2n) is 3.37. The first-order valence-corrected chi connectivity index (χ1v) is 4.78. The molecule has 0 fully saturated rings. The van der Waals surface area contributed by atoms with Crippen LogP contribution in [-0.2, 0) is 17.5 Å². The van der Waals surface area contributed by atoms with E-state index in [0.29, 0.717) is 0 Å². The van der Waals surface area contributed by atoms with Gasteiger partial charge in [-0.2, -0.15) is 13.2 Å². The SMILES string of the molecule is NCC(=O)Nc1cc(CN)cc(C(F)(F)F)c1. The van der Waals surface area contributed by atoms with Crippen molar-refractivity contribution in [3.05, 3.63) is 29.3 Å². The van der Waals surface area contributed by atoms with Crippen molar-refractivity contribution in [2.75, 3.05) is 11.9 Å². The zero-order valence-electron chi connectivity index (χ0n) is 8.84. The third kappa shape index (κ3) is 3.72. The van der Waals surface area contributed by atoms with Crippen LogP contribution in [0.25, 0.3) is 0 Å². The summed E-state index contributed by atoms with van der Waals surface area (Å²) in [7, 11) is 0. The van der Waals surface area contributed by atoms with Crippen LogP contribution in [0.1, 0.15) is 11.1 Å². The molecule has 0 aliphatic heterocycles. The number of nitrogens with one attached hydrogen (secondary N) is 1. The quantitative estimate of drug-likeness (QED) is 0.747. The molecule has 0 saturated carbocycles. The Balaban J connectivity index is 3.10. The number of hydrogen-bond acceptors (Lipinski definition) is 3. The number of hydrogen-bond donors (Lipinski definition) is 3. The molecule has 1 amide bonds. The lowest BCUT2D eigenvalue weighted by Crippen LogP contribution is -2.22. The number of nitrogens with two attached hydrogens (primary N) is 2. The summed E-state index contributed by atoms with van der Waals surface area (Å²) >= 11 is 0. The Morgan fingerprint density at radius 2 is 1.88 bits per heavy atom. The first-order valence-electron chi connectivity index (χ1n) is 4.78. The summed E-state index contributed by atoms with van der Waals surface area (Å²) < 4.78 is 37.6. The van der Waals surface area contributed by atoms with Crippen LogP contribution in [0.2, 0.25) is 0 Å². The van der Waals surface area contributed by atoms with Crippen LogP contribution in [0.15, 0.2) is 18.2 Å². The Bertz CT molecular complexity index is 418. The zero-order chi connectivity index (χ0) is 13.1. The van der Waals surface area contributed by atoms with E-state index in [1.165, 1.54) is 6.07 Å². The number of carbonyl (C=O) groups excluding carboxylic acids is 1. The Morgan fingerprint density at radius 1 is 1.24 bits per heavy atom. The highest BCUT2D eigenvalue weighted by Gasteiger charge is 2.31. The van der Waals surface area contributed by atoms with Gasteiger partial charge in [-0.15, -0.1) is 0 Å². The summed E-state index contributed by atoms with van der Waals surface area (Å²) in [5.41, 5.74) is 9.81. The molecule has 0 bridgehead atoms. The molecule has 0 heterocycles. The number of alkyl halides is 3. The van der Waals surface area contributed by atoms with E-state index in [1.54, 1.807) is 0 Å². The number of carbonyl (C=O) groups is 1. The molecule has 0 aliphatic rings. The summed E-state index contributed by atoms with van der Waals surface area (Å²) in [6.45, 7) is -0.344. The number of amides is 1. The van der Waals surface area contributed by atoms with Gasteiger partial charge >= 0.3 is 6.18 Å². The minimum atomic E-state index is -4.48. The second-order valence-corrected chi connectivity index (χ2v) is 3.37. The summed E-state index contributed by atoms with van der Waals surface area (Å²) in [6, 6.07) is 3.16. The van der Waals surface area contributed by atoms with Gasteiger partial charge in [-0.25, -0.2) is 0 Å². The maximum Gasteiger partial charge on any atom is 0.416 e. The molecule has 0 aromatic heterocycles. The highest BCUT2D eigenvalue weighted by Crippen LogP contribution is 2.31. The van der Waals surface area contributed by atoms with Crippen molar-refractivity contribution in [2.24, 2.45) is 11.5 Å². The predicted octanol–water partition coefficient (Wildman–Crippen LogP) is 1.06. The molecule has 4 nitrogen and oxygen atoms in total. The molecule has 0 atom stereocenters. The van der Waals surface area contributed by atoms with Gasteiger partial charge in [0.2, 0.25) is 5.91 Å². The lowest BCUT2D eigenvalue weighted by atomic mass is 10.1. The topological polar surface area (TPSA) is 81.1 Å². The molecular weight excluding hydrogens is 235 g/mol. The highest BCUT2D eigenvalue weighted by molar-refractivity contribution is 5.92. The van der Waals surface area contributed by atoms with Crippen molar-refractivity contribution in [1.29, 1.82) is 0 Å². The number of anilines is 1. The van der Waals surface area contributed by atoms with E-state index in [0.717, 1.165) is 12.1 Å². The second kappa shape index (κ2) is 5.15. The number of benzene rings is 1. The molecule has 17 heavy (non-hydrogen) atoms. The molecule has 1 aromatic carbocycles. The normalized spacial score (nSPS) is 11.4. The molecular formula is C10H12F3N3O. The van der Waals surface area contributed by atoms with Crippen LogP contribution in [0.3, 0.4) is 0 Å². The third-order valence-electron chi connectivity index (χ3n) is 2.02. The van der Waals surface area contributed by atoms with Crippen LogP contribution in [0.4, 0.5) is 18.9 Å². The fraction of sp³-hybridized carbons (Fsp3) is 0.300. The molecule has 1 aromatic rings. The van der Waals surface area contributed by atoms with E-state index >= 15 is 0 Å². The fourth-order valence-corrected chi connectivity index (χ4v) is 1.26. The summed E-state index contributed by atoms with van der Waals surface area (Å²) in [5.74, 6) is -0.563. The van der Waals surface area contributed by atoms with Crippen molar-refractivity contribution in [2.45, 2.75) is 12.7 Å². The maximum atomic E-state index is 12.5.